The molecule has 6 nitrogen and oxygen atoms in total. The number of hydrogen-bond acceptors (Lipinski definition) is 5. The Bertz CT molecular complexity index is 658. The predicted octanol–water partition coefficient (Wildman–Crippen LogP) is 1.63. The van der Waals surface area contributed by atoms with Gasteiger partial charge in [-0.05, 0) is 30.2 Å². The highest BCUT2D eigenvalue weighted by Gasteiger charge is 2.16. The topological polar surface area (TPSA) is 84.8 Å². The monoisotopic (exact) mass is 284 g/mol. The number of nitrogens with zero attached hydrogens (tertiary/aromatic N) is 3. The minimum atomic E-state index is -3.75. The molecule has 0 saturated heterocycles. The maximum Gasteiger partial charge on any atom is 0.266 e. The lowest BCUT2D eigenvalue weighted by Crippen LogP contribution is -2.15. The van der Waals surface area contributed by atoms with E-state index < -0.39 is 10.0 Å². The third kappa shape index (κ3) is 2.74. The van der Waals surface area contributed by atoms with Gasteiger partial charge in [-0.15, -0.1) is 0 Å². The quantitative estimate of drug-likeness (QED) is 0.866. The Labute approximate surface area is 109 Å². The van der Waals surface area contributed by atoms with Gasteiger partial charge in [0.25, 0.3) is 10.0 Å². The fourth-order valence-corrected chi connectivity index (χ4v) is 2.28. The number of hydrogen-bond donors (Lipinski definition) is 1. The standard InChI is InChI=1S/C10H9ClN4O2S/c1-7-3-2-4-12-9(7)15-18(16,17)8-5-13-10(11)14-6-8/h2-6H,1H3,(H,12,15). The number of sulfonamides is 1. The molecule has 0 unspecified atom stereocenters. The van der Waals surface area contributed by atoms with Crippen LogP contribution >= 0.6 is 11.6 Å². The Morgan fingerprint density at radius 1 is 1.22 bits per heavy atom. The molecular formula is C10H9ClN4O2S. The van der Waals surface area contributed by atoms with Crippen LogP contribution < -0.4 is 4.72 Å². The zero-order valence-corrected chi connectivity index (χ0v) is 10.9. The number of halogens is 1. The first kappa shape index (κ1) is 12.7. The number of aromatic nitrogens is 3. The smallest absolute Gasteiger partial charge is 0.263 e. The molecular weight excluding hydrogens is 276 g/mol. The van der Waals surface area contributed by atoms with E-state index in [0.717, 1.165) is 18.0 Å². The second-order valence-corrected chi connectivity index (χ2v) is 5.48. The maximum absolute atomic E-state index is 12.0. The fraction of sp³-hybridized carbons (Fsp3) is 0.100. The summed E-state index contributed by atoms with van der Waals surface area (Å²) in [5.41, 5.74) is 0.718. The summed E-state index contributed by atoms with van der Waals surface area (Å²) < 4.78 is 26.3. The van der Waals surface area contributed by atoms with Gasteiger partial charge in [0.15, 0.2) is 0 Å². The fourth-order valence-electron chi connectivity index (χ4n) is 1.22. The number of pyridine rings is 1. The van der Waals surface area contributed by atoms with Crippen molar-refractivity contribution in [1.82, 2.24) is 15.0 Å². The second kappa shape index (κ2) is 4.87. The van der Waals surface area contributed by atoms with E-state index in [9.17, 15) is 8.42 Å². The van der Waals surface area contributed by atoms with Crippen LogP contribution in [0.5, 0.6) is 0 Å². The summed E-state index contributed by atoms with van der Waals surface area (Å²) in [6.45, 7) is 1.75. The van der Waals surface area contributed by atoms with Crippen LogP contribution in [0.15, 0.2) is 35.6 Å². The van der Waals surface area contributed by atoms with Gasteiger partial charge in [-0.1, -0.05) is 6.07 Å². The van der Waals surface area contributed by atoms with Crippen molar-refractivity contribution in [2.24, 2.45) is 0 Å². The Kier molecular flexibility index (Phi) is 3.44. The lowest BCUT2D eigenvalue weighted by Gasteiger charge is -2.08. The molecule has 1 N–H and O–H groups in total. The van der Waals surface area contributed by atoms with Gasteiger partial charge >= 0.3 is 0 Å². The Morgan fingerprint density at radius 2 is 1.89 bits per heavy atom. The Balaban J connectivity index is 2.33. The molecule has 0 aliphatic rings. The second-order valence-electron chi connectivity index (χ2n) is 3.46. The van der Waals surface area contributed by atoms with Crippen molar-refractivity contribution in [1.29, 1.82) is 0 Å². The molecule has 0 aliphatic carbocycles. The molecule has 0 atom stereocenters. The molecule has 8 heteroatoms. The average Bonchev–Trinajstić information content (AvgIpc) is 2.32. The van der Waals surface area contributed by atoms with Crippen LogP contribution in [0, 0.1) is 6.92 Å². The summed E-state index contributed by atoms with van der Waals surface area (Å²) in [7, 11) is -3.75. The molecule has 2 heterocycles. The first-order valence-electron chi connectivity index (χ1n) is 4.91. The molecule has 2 aromatic rings. The molecule has 94 valence electrons. The summed E-state index contributed by atoms with van der Waals surface area (Å²) in [6, 6.07) is 3.47. The zero-order valence-electron chi connectivity index (χ0n) is 9.33. The van der Waals surface area contributed by atoms with Crippen molar-refractivity contribution in [3.63, 3.8) is 0 Å². The van der Waals surface area contributed by atoms with Gasteiger partial charge in [0.1, 0.15) is 10.7 Å². The molecule has 0 fully saturated rings. The van der Waals surface area contributed by atoms with E-state index in [1.54, 1.807) is 19.1 Å². The van der Waals surface area contributed by atoms with E-state index in [4.69, 9.17) is 11.6 Å². The summed E-state index contributed by atoms with van der Waals surface area (Å²) in [4.78, 5) is 11.1. The Morgan fingerprint density at radius 3 is 2.50 bits per heavy atom. The molecule has 0 aromatic carbocycles. The van der Waals surface area contributed by atoms with Crippen molar-refractivity contribution in [2.75, 3.05) is 4.72 Å². The van der Waals surface area contributed by atoms with Crippen LogP contribution in [0.25, 0.3) is 0 Å². The molecule has 18 heavy (non-hydrogen) atoms. The van der Waals surface area contributed by atoms with Crippen molar-refractivity contribution in [3.8, 4) is 0 Å². The number of aryl methyl sites for hydroxylation is 1. The first-order chi connectivity index (χ1) is 8.49. The van der Waals surface area contributed by atoms with Gasteiger partial charge in [-0.2, -0.15) is 0 Å². The summed E-state index contributed by atoms with van der Waals surface area (Å²) in [6.07, 6.45) is 3.77. The van der Waals surface area contributed by atoms with E-state index in [1.165, 1.54) is 6.20 Å². The van der Waals surface area contributed by atoms with E-state index in [1.807, 2.05) is 0 Å². The molecule has 0 saturated carbocycles. The largest absolute Gasteiger partial charge is 0.266 e. The van der Waals surface area contributed by atoms with Gasteiger partial charge in [0.2, 0.25) is 5.28 Å². The molecule has 0 amide bonds. The molecule has 2 aromatic heterocycles. The predicted molar refractivity (Wildman–Crippen MR) is 66.8 cm³/mol. The van der Waals surface area contributed by atoms with E-state index in [-0.39, 0.29) is 16.0 Å². The highest BCUT2D eigenvalue weighted by Crippen LogP contribution is 2.16. The van der Waals surface area contributed by atoms with Crippen LogP contribution in [0.4, 0.5) is 5.82 Å². The van der Waals surface area contributed by atoms with Gasteiger partial charge in [-0.25, -0.2) is 23.4 Å². The highest BCUT2D eigenvalue weighted by atomic mass is 35.5. The van der Waals surface area contributed by atoms with Gasteiger partial charge in [0, 0.05) is 6.20 Å². The lowest BCUT2D eigenvalue weighted by atomic mass is 10.3. The van der Waals surface area contributed by atoms with E-state index in [0.29, 0.717) is 0 Å². The number of anilines is 1. The third-order valence-electron chi connectivity index (χ3n) is 2.15. The van der Waals surface area contributed by atoms with Crippen molar-refractivity contribution < 1.29 is 8.42 Å². The summed E-state index contributed by atoms with van der Waals surface area (Å²) >= 11 is 5.50. The highest BCUT2D eigenvalue weighted by molar-refractivity contribution is 7.92. The van der Waals surface area contributed by atoms with Crippen LogP contribution in [-0.2, 0) is 10.0 Å². The van der Waals surface area contributed by atoms with Gasteiger partial charge in [-0.3, -0.25) is 4.72 Å². The van der Waals surface area contributed by atoms with E-state index >= 15 is 0 Å². The number of nitrogens with one attached hydrogen (secondary N) is 1. The summed E-state index contributed by atoms with van der Waals surface area (Å²) in [5, 5.41) is -0.0111. The molecule has 2 rings (SSSR count). The van der Waals surface area contributed by atoms with Gasteiger partial charge in [0.05, 0.1) is 12.4 Å². The average molecular weight is 285 g/mol. The minimum absolute atomic E-state index is 0.0111. The SMILES string of the molecule is Cc1cccnc1NS(=O)(=O)c1cnc(Cl)nc1. The third-order valence-corrected chi connectivity index (χ3v) is 3.64. The maximum atomic E-state index is 12.0. The molecule has 0 spiro atoms. The van der Waals surface area contributed by atoms with Crippen LogP contribution in [0.2, 0.25) is 5.28 Å². The first-order valence-corrected chi connectivity index (χ1v) is 6.77. The molecule has 0 aliphatic heterocycles. The molecule has 0 radical (unpaired) electrons. The zero-order chi connectivity index (χ0) is 13.2. The van der Waals surface area contributed by atoms with Crippen LogP contribution in [0.3, 0.4) is 0 Å². The van der Waals surface area contributed by atoms with Crippen molar-refractivity contribution in [2.45, 2.75) is 11.8 Å². The summed E-state index contributed by atoms with van der Waals surface area (Å²) in [5.74, 6) is 0.271. The normalized spacial score (nSPS) is 11.2. The van der Waals surface area contributed by atoms with Crippen LogP contribution in [0.1, 0.15) is 5.56 Å². The minimum Gasteiger partial charge on any atom is -0.263 e. The van der Waals surface area contributed by atoms with Crippen molar-refractivity contribution in [3.05, 3.63) is 41.6 Å². The van der Waals surface area contributed by atoms with Gasteiger partial charge < -0.3 is 0 Å². The van der Waals surface area contributed by atoms with Crippen LogP contribution in [-0.4, -0.2) is 23.4 Å². The Hall–Kier alpha value is -1.73. The molecule has 0 bridgehead atoms. The number of rotatable bonds is 3. The van der Waals surface area contributed by atoms with Crippen molar-refractivity contribution >= 4 is 27.4 Å². The van der Waals surface area contributed by atoms with E-state index in [2.05, 4.69) is 19.7 Å². The lowest BCUT2D eigenvalue weighted by molar-refractivity contribution is 0.600.